The molecule has 0 saturated carbocycles. The van der Waals surface area contributed by atoms with Crippen LogP contribution in [0.2, 0.25) is 0 Å². The lowest BCUT2D eigenvalue weighted by molar-refractivity contribution is -0.122. The second-order valence-electron chi connectivity index (χ2n) is 6.89. The first-order valence-electron chi connectivity index (χ1n) is 9.74. The Labute approximate surface area is 180 Å². The lowest BCUT2D eigenvalue weighted by Crippen LogP contribution is -2.50. The number of carbonyl (C=O) groups is 2. The van der Waals surface area contributed by atoms with Crippen LogP contribution in [0.4, 0.5) is 10.1 Å². The molecule has 0 radical (unpaired) electrons. The van der Waals surface area contributed by atoms with Crippen LogP contribution in [0.15, 0.2) is 48.5 Å². The molecule has 1 aliphatic heterocycles. The SMILES string of the molecule is CCNC(=S)N(CCc1ccc(OC)cc1)[C@H]1CC(=O)N(c2ccc(F)cc2)C1=O. The van der Waals surface area contributed by atoms with Crippen molar-refractivity contribution < 1.29 is 18.7 Å². The number of methoxy groups -OCH3 is 1. The molecule has 1 atom stereocenters. The highest BCUT2D eigenvalue weighted by Crippen LogP contribution is 2.26. The van der Waals surface area contributed by atoms with Gasteiger partial charge in [-0.25, -0.2) is 9.29 Å². The number of hydrogen-bond donors (Lipinski definition) is 1. The third kappa shape index (κ3) is 4.76. The van der Waals surface area contributed by atoms with Crippen LogP contribution in [-0.4, -0.2) is 48.1 Å². The molecular formula is C22H24FN3O3S. The second kappa shape index (κ2) is 9.67. The van der Waals surface area contributed by atoms with E-state index in [0.717, 1.165) is 16.2 Å². The Kier molecular flexibility index (Phi) is 6.99. The Morgan fingerprint density at radius 3 is 2.47 bits per heavy atom. The van der Waals surface area contributed by atoms with Crippen LogP contribution in [0.1, 0.15) is 18.9 Å². The third-order valence-corrected chi connectivity index (χ3v) is 5.35. The summed E-state index contributed by atoms with van der Waals surface area (Å²) in [6.07, 6.45) is 0.661. The highest BCUT2D eigenvalue weighted by atomic mass is 32.1. The van der Waals surface area contributed by atoms with Crippen molar-refractivity contribution in [3.05, 3.63) is 59.9 Å². The van der Waals surface area contributed by atoms with Gasteiger partial charge in [0, 0.05) is 13.1 Å². The highest BCUT2D eigenvalue weighted by Gasteiger charge is 2.43. The van der Waals surface area contributed by atoms with Crippen molar-refractivity contribution in [1.29, 1.82) is 0 Å². The number of anilines is 1. The quantitative estimate of drug-likeness (QED) is 0.540. The van der Waals surface area contributed by atoms with Gasteiger partial charge >= 0.3 is 0 Å². The number of amides is 2. The molecule has 0 bridgehead atoms. The van der Waals surface area contributed by atoms with Gasteiger partial charge in [0.1, 0.15) is 17.6 Å². The number of ether oxygens (including phenoxy) is 1. The molecular weight excluding hydrogens is 405 g/mol. The number of benzene rings is 2. The minimum atomic E-state index is -0.702. The van der Waals surface area contributed by atoms with Gasteiger partial charge in [0.2, 0.25) is 5.91 Å². The normalized spacial score (nSPS) is 16.0. The van der Waals surface area contributed by atoms with Gasteiger partial charge in [-0.1, -0.05) is 12.1 Å². The second-order valence-corrected chi connectivity index (χ2v) is 7.28. The number of hydrogen-bond acceptors (Lipinski definition) is 4. The van der Waals surface area contributed by atoms with Crippen LogP contribution >= 0.6 is 12.2 Å². The average molecular weight is 430 g/mol. The number of rotatable bonds is 7. The summed E-state index contributed by atoms with van der Waals surface area (Å²) in [7, 11) is 1.61. The monoisotopic (exact) mass is 429 g/mol. The summed E-state index contributed by atoms with van der Waals surface area (Å²) in [5, 5.41) is 3.51. The first-order chi connectivity index (χ1) is 14.4. The minimum Gasteiger partial charge on any atom is -0.497 e. The Morgan fingerprint density at radius 2 is 1.87 bits per heavy atom. The molecule has 158 valence electrons. The maximum absolute atomic E-state index is 13.2. The van der Waals surface area contributed by atoms with Crippen molar-refractivity contribution in [1.82, 2.24) is 10.2 Å². The van der Waals surface area contributed by atoms with Crippen LogP contribution < -0.4 is 15.0 Å². The summed E-state index contributed by atoms with van der Waals surface area (Å²) in [5.41, 5.74) is 1.42. The van der Waals surface area contributed by atoms with E-state index >= 15 is 0 Å². The number of carbonyl (C=O) groups excluding carboxylic acids is 2. The molecule has 2 amide bonds. The molecule has 0 aromatic heterocycles. The minimum absolute atomic E-state index is 0.0182. The molecule has 8 heteroatoms. The smallest absolute Gasteiger partial charge is 0.257 e. The van der Waals surface area contributed by atoms with E-state index in [0.29, 0.717) is 30.3 Å². The molecule has 2 aromatic rings. The molecule has 1 saturated heterocycles. The van der Waals surface area contributed by atoms with Gasteiger partial charge in [0.25, 0.3) is 5.91 Å². The molecule has 0 spiro atoms. The van der Waals surface area contributed by atoms with E-state index in [1.807, 2.05) is 31.2 Å². The van der Waals surface area contributed by atoms with Gasteiger partial charge in [0.15, 0.2) is 5.11 Å². The van der Waals surface area contributed by atoms with Gasteiger partial charge in [-0.15, -0.1) is 0 Å². The first-order valence-corrected chi connectivity index (χ1v) is 10.1. The zero-order valence-corrected chi connectivity index (χ0v) is 17.7. The van der Waals surface area contributed by atoms with E-state index in [2.05, 4.69) is 5.32 Å². The van der Waals surface area contributed by atoms with Crippen LogP contribution in [-0.2, 0) is 16.0 Å². The Bertz CT molecular complexity index is 918. The fraction of sp³-hybridized carbons (Fsp3) is 0.318. The standard InChI is InChI=1S/C22H24FN3O3S/c1-3-24-22(30)25(13-12-15-4-10-18(29-2)11-5-15)19-14-20(27)26(21(19)28)17-8-6-16(23)7-9-17/h4-11,19H,3,12-14H2,1-2H3,(H,24,30)/t19-/m0/s1. The maximum atomic E-state index is 13.2. The number of imide groups is 1. The molecule has 0 unspecified atom stereocenters. The summed E-state index contributed by atoms with van der Waals surface area (Å²) in [4.78, 5) is 28.6. The van der Waals surface area contributed by atoms with E-state index in [4.69, 9.17) is 17.0 Å². The number of halogens is 1. The van der Waals surface area contributed by atoms with Crippen molar-refractivity contribution in [3.63, 3.8) is 0 Å². The summed E-state index contributed by atoms with van der Waals surface area (Å²) in [5.74, 6) is -0.346. The molecule has 30 heavy (non-hydrogen) atoms. The number of nitrogens with zero attached hydrogens (tertiary/aromatic N) is 2. The lowest BCUT2D eigenvalue weighted by atomic mass is 10.1. The Hall–Kier alpha value is -3.00. The predicted octanol–water partition coefficient (Wildman–Crippen LogP) is 2.91. The Morgan fingerprint density at radius 1 is 1.20 bits per heavy atom. The molecule has 0 aliphatic carbocycles. The Balaban J connectivity index is 1.78. The molecule has 1 heterocycles. The van der Waals surface area contributed by atoms with E-state index in [1.54, 1.807) is 12.0 Å². The average Bonchev–Trinajstić information content (AvgIpc) is 3.03. The summed E-state index contributed by atoms with van der Waals surface area (Å²) < 4.78 is 18.4. The zero-order chi connectivity index (χ0) is 21.7. The van der Waals surface area contributed by atoms with E-state index in [1.165, 1.54) is 24.3 Å². The molecule has 2 aromatic carbocycles. The van der Waals surface area contributed by atoms with Crippen LogP contribution in [0, 0.1) is 5.82 Å². The van der Waals surface area contributed by atoms with Crippen LogP contribution in [0.3, 0.4) is 0 Å². The predicted molar refractivity (Wildman–Crippen MR) is 117 cm³/mol. The molecule has 1 fully saturated rings. The molecule has 3 rings (SSSR count). The van der Waals surface area contributed by atoms with E-state index < -0.39 is 11.9 Å². The molecule has 6 nitrogen and oxygen atoms in total. The van der Waals surface area contributed by atoms with E-state index in [9.17, 15) is 14.0 Å². The first kappa shape index (κ1) is 21.7. The maximum Gasteiger partial charge on any atom is 0.257 e. The highest BCUT2D eigenvalue weighted by molar-refractivity contribution is 7.80. The fourth-order valence-corrected chi connectivity index (χ4v) is 3.78. The number of thiocarbonyl (C=S) groups is 1. The molecule has 1 aliphatic rings. The van der Waals surface area contributed by atoms with E-state index in [-0.39, 0.29) is 18.2 Å². The fourth-order valence-electron chi connectivity index (χ4n) is 3.41. The molecule has 1 N–H and O–H groups in total. The van der Waals surface area contributed by atoms with Gasteiger partial charge in [-0.3, -0.25) is 9.59 Å². The van der Waals surface area contributed by atoms with Crippen LogP contribution in [0.5, 0.6) is 5.75 Å². The van der Waals surface area contributed by atoms with Crippen LogP contribution in [0.25, 0.3) is 0 Å². The summed E-state index contributed by atoms with van der Waals surface area (Å²) in [6.45, 7) is 2.99. The third-order valence-electron chi connectivity index (χ3n) is 4.97. The van der Waals surface area contributed by atoms with Crippen molar-refractivity contribution in [2.24, 2.45) is 0 Å². The van der Waals surface area contributed by atoms with Crippen molar-refractivity contribution >= 4 is 34.8 Å². The summed E-state index contributed by atoms with van der Waals surface area (Å²) >= 11 is 5.49. The van der Waals surface area contributed by atoms with Gasteiger partial charge in [0.05, 0.1) is 19.2 Å². The van der Waals surface area contributed by atoms with Gasteiger partial charge in [-0.2, -0.15) is 0 Å². The summed E-state index contributed by atoms with van der Waals surface area (Å²) in [6, 6.07) is 12.3. The largest absolute Gasteiger partial charge is 0.497 e. The van der Waals surface area contributed by atoms with Gasteiger partial charge in [-0.05, 0) is 67.5 Å². The van der Waals surface area contributed by atoms with Crippen molar-refractivity contribution in [3.8, 4) is 5.75 Å². The number of nitrogens with one attached hydrogen (secondary N) is 1. The van der Waals surface area contributed by atoms with Crippen molar-refractivity contribution in [2.75, 3.05) is 25.1 Å². The lowest BCUT2D eigenvalue weighted by Gasteiger charge is -2.30. The van der Waals surface area contributed by atoms with Crippen molar-refractivity contribution in [2.45, 2.75) is 25.8 Å². The zero-order valence-electron chi connectivity index (χ0n) is 16.9. The topological polar surface area (TPSA) is 61.9 Å². The van der Waals surface area contributed by atoms with Gasteiger partial charge < -0.3 is 15.0 Å².